The molecule has 5 heteroatoms. The molecule has 4 rings (SSSR count). The number of methoxy groups -OCH3 is 1. The molecule has 0 bridgehead atoms. The van der Waals surface area contributed by atoms with Crippen LogP contribution in [0.15, 0.2) is 29.3 Å². The minimum atomic E-state index is -0.488. The number of hydrogen-bond acceptors (Lipinski definition) is 4. The topological polar surface area (TPSA) is 53.9 Å². The van der Waals surface area contributed by atoms with Crippen LogP contribution in [0.4, 0.5) is 0 Å². The SMILES string of the molecule is COc1cccc(CN2C[C@@H]3CC[C@]4(N=C(C)NC4=O)[C@@H]3C2)c1. The van der Waals surface area contributed by atoms with Gasteiger partial charge in [0.05, 0.1) is 7.11 Å². The van der Waals surface area contributed by atoms with Crippen LogP contribution in [0.5, 0.6) is 5.75 Å². The molecule has 5 nitrogen and oxygen atoms in total. The van der Waals surface area contributed by atoms with E-state index in [1.165, 1.54) is 5.56 Å². The Labute approximate surface area is 136 Å². The van der Waals surface area contributed by atoms with Crippen molar-refractivity contribution in [2.24, 2.45) is 16.8 Å². The summed E-state index contributed by atoms with van der Waals surface area (Å²) in [5.41, 5.74) is 0.770. The maximum Gasteiger partial charge on any atom is 0.253 e. The Morgan fingerprint density at radius 1 is 1.43 bits per heavy atom. The van der Waals surface area contributed by atoms with Crippen LogP contribution in [0.2, 0.25) is 0 Å². The van der Waals surface area contributed by atoms with E-state index < -0.39 is 5.54 Å². The van der Waals surface area contributed by atoms with Gasteiger partial charge in [0.1, 0.15) is 17.1 Å². The monoisotopic (exact) mass is 313 g/mol. The minimum Gasteiger partial charge on any atom is -0.497 e. The predicted molar refractivity (Wildman–Crippen MR) is 88.5 cm³/mol. The Bertz CT molecular complexity index is 672. The Kier molecular flexibility index (Phi) is 3.41. The average molecular weight is 313 g/mol. The van der Waals surface area contributed by atoms with E-state index in [-0.39, 0.29) is 5.91 Å². The van der Waals surface area contributed by atoms with Crippen molar-refractivity contribution < 1.29 is 9.53 Å². The number of likely N-dealkylation sites (tertiary alicyclic amines) is 1. The zero-order valence-corrected chi connectivity index (χ0v) is 13.7. The summed E-state index contributed by atoms with van der Waals surface area (Å²) in [6.07, 6.45) is 2.00. The third-order valence-corrected chi connectivity index (χ3v) is 5.62. The van der Waals surface area contributed by atoms with E-state index in [1.807, 2.05) is 19.1 Å². The van der Waals surface area contributed by atoms with Crippen molar-refractivity contribution in [3.05, 3.63) is 29.8 Å². The third kappa shape index (κ3) is 2.34. The number of fused-ring (bicyclic) bond motifs is 2. The van der Waals surface area contributed by atoms with E-state index in [4.69, 9.17) is 9.73 Å². The highest BCUT2D eigenvalue weighted by molar-refractivity contribution is 6.07. The van der Waals surface area contributed by atoms with Crippen LogP contribution in [0.25, 0.3) is 0 Å². The van der Waals surface area contributed by atoms with Gasteiger partial charge in [-0.3, -0.25) is 14.7 Å². The van der Waals surface area contributed by atoms with E-state index in [1.54, 1.807) is 7.11 Å². The van der Waals surface area contributed by atoms with Crippen LogP contribution in [-0.4, -0.2) is 42.4 Å². The van der Waals surface area contributed by atoms with Crippen LogP contribution >= 0.6 is 0 Å². The lowest BCUT2D eigenvalue weighted by Crippen LogP contribution is -2.44. The van der Waals surface area contributed by atoms with Crippen molar-refractivity contribution in [3.63, 3.8) is 0 Å². The van der Waals surface area contributed by atoms with Gasteiger partial charge in [-0.25, -0.2) is 0 Å². The summed E-state index contributed by atoms with van der Waals surface area (Å²) in [7, 11) is 1.70. The molecule has 1 aromatic rings. The first-order chi connectivity index (χ1) is 11.1. The lowest BCUT2D eigenvalue weighted by Gasteiger charge is -2.25. The minimum absolute atomic E-state index is 0.116. The highest BCUT2D eigenvalue weighted by Gasteiger charge is 2.58. The second-order valence-electron chi connectivity index (χ2n) is 7.03. The summed E-state index contributed by atoms with van der Waals surface area (Å²) >= 11 is 0. The van der Waals surface area contributed by atoms with Gasteiger partial charge in [0.2, 0.25) is 0 Å². The van der Waals surface area contributed by atoms with E-state index in [2.05, 4.69) is 22.3 Å². The molecule has 1 aromatic carbocycles. The van der Waals surface area contributed by atoms with E-state index >= 15 is 0 Å². The van der Waals surface area contributed by atoms with Crippen LogP contribution in [0.3, 0.4) is 0 Å². The molecule has 122 valence electrons. The van der Waals surface area contributed by atoms with Crippen molar-refractivity contribution >= 4 is 11.7 Å². The van der Waals surface area contributed by atoms with Crippen molar-refractivity contribution in [2.75, 3.05) is 20.2 Å². The zero-order valence-electron chi connectivity index (χ0n) is 13.7. The fourth-order valence-corrected chi connectivity index (χ4v) is 4.61. The van der Waals surface area contributed by atoms with E-state index in [9.17, 15) is 4.79 Å². The van der Waals surface area contributed by atoms with E-state index in [0.717, 1.165) is 44.1 Å². The first kappa shape index (κ1) is 14.7. The summed E-state index contributed by atoms with van der Waals surface area (Å²) < 4.78 is 5.31. The number of carbonyl (C=O) groups excluding carboxylic acids is 1. The van der Waals surface area contributed by atoms with Crippen LogP contribution < -0.4 is 10.1 Å². The number of carbonyl (C=O) groups is 1. The lowest BCUT2D eigenvalue weighted by molar-refractivity contribution is -0.125. The van der Waals surface area contributed by atoms with Gasteiger partial charge in [-0.2, -0.15) is 0 Å². The highest BCUT2D eigenvalue weighted by Crippen LogP contribution is 2.48. The van der Waals surface area contributed by atoms with Crippen molar-refractivity contribution in [1.29, 1.82) is 0 Å². The molecule has 2 fully saturated rings. The Morgan fingerprint density at radius 2 is 2.30 bits per heavy atom. The van der Waals surface area contributed by atoms with Gasteiger partial charge in [0.15, 0.2) is 0 Å². The molecule has 23 heavy (non-hydrogen) atoms. The molecule has 1 spiro atoms. The molecule has 3 atom stereocenters. The van der Waals surface area contributed by atoms with Gasteiger partial charge in [-0.05, 0) is 43.4 Å². The van der Waals surface area contributed by atoms with Gasteiger partial charge >= 0.3 is 0 Å². The van der Waals surface area contributed by atoms with Crippen LogP contribution in [0.1, 0.15) is 25.3 Å². The number of nitrogens with zero attached hydrogens (tertiary/aromatic N) is 2. The second kappa shape index (κ2) is 5.34. The quantitative estimate of drug-likeness (QED) is 0.926. The Hall–Kier alpha value is -1.88. The largest absolute Gasteiger partial charge is 0.497 e. The predicted octanol–water partition coefficient (Wildman–Crippen LogP) is 1.82. The average Bonchev–Trinajstić information content (AvgIpc) is 3.16. The highest BCUT2D eigenvalue weighted by atomic mass is 16.5. The first-order valence-electron chi connectivity index (χ1n) is 8.34. The summed E-state index contributed by atoms with van der Waals surface area (Å²) in [5.74, 6) is 2.73. The molecule has 2 aliphatic heterocycles. The standard InChI is InChI=1S/C18H23N3O2/c1-12-19-17(22)18(20-12)7-6-14-10-21(11-16(14)18)9-13-4-3-5-15(8-13)23-2/h3-5,8,14,16H,6-7,9-11H2,1-2H3,(H,19,20,22)/t14-,16+,18-/m0/s1. The number of amidine groups is 1. The number of nitrogens with one attached hydrogen (secondary N) is 1. The molecular formula is C18H23N3O2. The Balaban J connectivity index is 1.50. The number of ether oxygens (including phenoxy) is 1. The van der Waals surface area contributed by atoms with Crippen molar-refractivity contribution in [2.45, 2.75) is 31.8 Å². The summed E-state index contributed by atoms with van der Waals surface area (Å²) in [5, 5.41) is 2.92. The fourth-order valence-electron chi connectivity index (χ4n) is 4.61. The van der Waals surface area contributed by atoms with E-state index in [0.29, 0.717) is 11.8 Å². The molecule has 0 radical (unpaired) electrons. The third-order valence-electron chi connectivity index (χ3n) is 5.62. The first-order valence-corrected chi connectivity index (χ1v) is 8.34. The summed E-state index contributed by atoms with van der Waals surface area (Å²) in [6.45, 7) is 4.81. The number of amides is 1. The second-order valence-corrected chi connectivity index (χ2v) is 7.03. The molecule has 2 heterocycles. The van der Waals surface area contributed by atoms with Crippen LogP contribution in [0, 0.1) is 11.8 Å². The normalized spacial score (nSPS) is 33.0. The molecule has 0 unspecified atom stereocenters. The number of hydrogen-bond donors (Lipinski definition) is 1. The lowest BCUT2D eigenvalue weighted by atomic mass is 9.85. The summed E-state index contributed by atoms with van der Waals surface area (Å²) in [6, 6.07) is 8.23. The molecule has 1 amide bonds. The Morgan fingerprint density at radius 3 is 3.04 bits per heavy atom. The van der Waals surface area contributed by atoms with Gasteiger partial charge < -0.3 is 10.1 Å². The van der Waals surface area contributed by atoms with Crippen molar-refractivity contribution in [1.82, 2.24) is 10.2 Å². The summed E-state index contributed by atoms with van der Waals surface area (Å²) in [4.78, 5) is 19.6. The number of aliphatic imine (C=N–C) groups is 1. The number of benzene rings is 1. The van der Waals surface area contributed by atoms with Crippen LogP contribution in [-0.2, 0) is 11.3 Å². The number of rotatable bonds is 3. The van der Waals surface area contributed by atoms with Gasteiger partial charge in [0.25, 0.3) is 5.91 Å². The molecular weight excluding hydrogens is 290 g/mol. The van der Waals surface area contributed by atoms with Gasteiger partial charge in [-0.1, -0.05) is 12.1 Å². The molecule has 1 aliphatic carbocycles. The fraction of sp³-hybridized carbons (Fsp3) is 0.556. The zero-order chi connectivity index (χ0) is 16.0. The molecule has 1 saturated heterocycles. The maximum absolute atomic E-state index is 12.4. The maximum atomic E-state index is 12.4. The van der Waals surface area contributed by atoms with Gasteiger partial charge in [-0.15, -0.1) is 0 Å². The molecule has 0 aromatic heterocycles. The van der Waals surface area contributed by atoms with Crippen molar-refractivity contribution in [3.8, 4) is 5.75 Å². The smallest absolute Gasteiger partial charge is 0.253 e. The van der Waals surface area contributed by atoms with Gasteiger partial charge in [0, 0.05) is 25.6 Å². The molecule has 1 saturated carbocycles. The molecule has 1 N–H and O–H groups in total. The molecule has 3 aliphatic rings.